The third kappa shape index (κ3) is 4.74. The van der Waals surface area contributed by atoms with E-state index in [-0.39, 0.29) is 12.5 Å². The van der Waals surface area contributed by atoms with Gasteiger partial charge in [0.05, 0.1) is 19.1 Å². The predicted octanol–water partition coefficient (Wildman–Crippen LogP) is 2.91. The predicted molar refractivity (Wildman–Crippen MR) is 78.8 cm³/mol. The van der Waals surface area contributed by atoms with Crippen molar-refractivity contribution in [3.8, 4) is 0 Å². The van der Waals surface area contributed by atoms with Crippen molar-refractivity contribution in [2.45, 2.75) is 70.4 Å². The monoisotopic (exact) mass is 283 g/mol. The van der Waals surface area contributed by atoms with Crippen LogP contribution < -0.4 is 0 Å². The van der Waals surface area contributed by atoms with Crippen LogP contribution >= 0.6 is 0 Å². The van der Waals surface area contributed by atoms with E-state index in [1.165, 1.54) is 44.9 Å². The maximum Gasteiger partial charge on any atom is 0.306 e. The molecule has 1 heterocycles. The SMILES string of the molecule is CCCC1CCCC(N2CCOC(CC(=O)O)C2)CC1. The quantitative estimate of drug-likeness (QED) is 0.788. The third-order valence-electron chi connectivity index (χ3n) is 4.84. The minimum atomic E-state index is -0.749. The lowest BCUT2D eigenvalue weighted by Gasteiger charge is -2.37. The second-order valence-electron chi connectivity index (χ2n) is 6.40. The van der Waals surface area contributed by atoms with Crippen LogP contribution in [-0.2, 0) is 9.53 Å². The summed E-state index contributed by atoms with van der Waals surface area (Å²) in [5.74, 6) is 0.168. The number of hydrogen-bond acceptors (Lipinski definition) is 3. The maximum atomic E-state index is 10.8. The number of carboxylic acids is 1. The van der Waals surface area contributed by atoms with Crippen molar-refractivity contribution in [2.75, 3.05) is 19.7 Å². The molecule has 0 bridgehead atoms. The number of morpholine rings is 1. The van der Waals surface area contributed by atoms with Gasteiger partial charge >= 0.3 is 5.97 Å². The number of rotatable bonds is 5. The first kappa shape index (κ1) is 15.8. The van der Waals surface area contributed by atoms with E-state index < -0.39 is 5.97 Å². The smallest absolute Gasteiger partial charge is 0.306 e. The summed E-state index contributed by atoms with van der Waals surface area (Å²) in [6, 6.07) is 0.650. The minimum Gasteiger partial charge on any atom is -0.481 e. The summed E-state index contributed by atoms with van der Waals surface area (Å²) < 4.78 is 5.58. The highest BCUT2D eigenvalue weighted by Gasteiger charge is 2.29. The molecular formula is C16H29NO3. The number of ether oxygens (including phenoxy) is 1. The highest BCUT2D eigenvalue weighted by Crippen LogP contribution is 2.30. The van der Waals surface area contributed by atoms with Crippen molar-refractivity contribution >= 4 is 5.97 Å². The van der Waals surface area contributed by atoms with Gasteiger partial charge in [-0.15, -0.1) is 0 Å². The van der Waals surface area contributed by atoms with Gasteiger partial charge in [-0.1, -0.05) is 32.6 Å². The second kappa shape index (κ2) is 7.99. The fourth-order valence-corrected chi connectivity index (χ4v) is 3.81. The molecular weight excluding hydrogens is 254 g/mol. The second-order valence-corrected chi connectivity index (χ2v) is 6.40. The van der Waals surface area contributed by atoms with Gasteiger partial charge in [0.1, 0.15) is 0 Å². The molecule has 0 amide bonds. The molecule has 116 valence electrons. The summed E-state index contributed by atoms with van der Waals surface area (Å²) in [6.07, 6.45) is 9.32. The van der Waals surface area contributed by atoms with Gasteiger partial charge < -0.3 is 9.84 Å². The number of carbonyl (C=O) groups is 1. The summed E-state index contributed by atoms with van der Waals surface area (Å²) in [5, 5.41) is 8.90. The highest BCUT2D eigenvalue weighted by atomic mass is 16.5. The van der Waals surface area contributed by atoms with Crippen molar-refractivity contribution in [3.63, 3.8) is 0 Å². The lowest BCUT2D eigenvalue weighted by Crippen LogP contribution is -2.48. The number of aliphatic carboxylic acids is 1. The summed E-state index contributed by atoms with van der Waals surface area (Å²) in [4.78, 5) is 13.3. The van der Waals surface area contributed by atoms with Gasteiger partial charge in [0, 0.05) is 19.1 Å². The van der Waals surface area contributed by atoms with Crippen molar-refractivity contribution in [3.05, 3.63) is 0 Å². The van der Waals surface area contributed by atoms with Crippen LogP contribution in [0.3, 0.4) is 0 Å². The standard InChI is InChI=1S/C16H29NO3/c1-2-4-13-5-3-6-14(8-7-13)17-9-10-20-15(12-17)11-16(18)19/h13-15H,2-12H2,1H3,(H,18,19). The molecule has 2 rings (SSSR count). The summed E-state index contributed by atoms with van der Waals surface area (Å²) in [7, 11) is 0. The van der Waals surface area contributed by atoms with Crippen molar-refractivity contribution in [1.29, 1.82) is 0 Å². The lowest BCUT2D eigenvalue weighted by molar-refractivity contribution is -0.142. The molecule has 0 radical (unpaired) electrons. The van der Waals surface area contributed by atoms with Crippen molar-refractivity contribution in [2.24, 2.45) is 5.92 Å². The normalized spacial score (nSPS) is 32.8. The van der Waals surface area contributed by atoms with Gasteiger partial charge in [-0.05, 0) is 25.2 Å². The minimum absolute atomic E-state index is 0.115. The average Bonchev–Trinajstić information content (AvgIpc) is 2.64. The third-order valence-corrected chi connectivity index (χ3v) is 4.84. The molecule has 3 unspecified atom stereocenters. The van der Waals surface area contributed by atoms with E-state index in [0.717, 1.165) is 19.0 Å². The van der Waals surface area contributed by atoms with Crippen LogP contribution in [-0.4, -0.2) is 47.8 Å². The van der Waals surface area contributed by atoms with E-state index >= 15 is 0 Å². The Morgan fingerprint density at radius 1 is 1.30 bits per heavy atom. The Morgan fingerprint density at radius 3 is 2.90 bits per heavy atom. The Bertz CT molecular complexity index is 308. The van der Waals surface area contributed by atoms with Gasteiger partial charge in [-0.25, -0.2) is 0 Å². The molecule has 0 aromatic carbocycles. The Kier molecular flexibility index (Phi) is 6.30. The lowest BCUT2D eigenvalue weighted by atomic mass is 9.95. The van der Waals surface area contributed by atoms with Gasteiger partial charge in [0.2, 0.25) is 0 Å². The Labute approximate surface area is 122 Å². The molecule has 20 heavy (non-hydrogen) atoms. The zero-order chi connectivity index (χ0) is 14.4. The summed E-state index contributed by atoms with van der Waals surface area (Å²) in [5.41, 5.74) is 0. The van der Waals surface area contributed by atoms with Crippen LogP contribution in [0.5, 0.6) is 0 Å². The molecule has 4 nitrogen and oxygen atoms in total. The summed E-state index contributed by atoms with van der Waals surface area (Å²) >= 11 is 0. The fraction of sp³-hybridized carbons (Fsp3) is 0.938. The van der Waals surface area contributed by atoms with E-state index in [2.05, 4.69) is 11.8 Å². The molecule has 1 aliphatic heterocycles. The molecule has 1 N–H and O–H groups in total. The maximum absolute atomic E-state index is 10.8. The first-order valence-electron chi connectivity index (χ1n) is 8.26. The molecule has 1 saturated carbocycles. The molecule has 2 aliphatic rings. The topological polar surface area (TPSA) is 49.8 Å². The zero-order valence-corrected chi connectivity index (χ0v) is 12.7. The molecule has 1 saturated heterocycles. The molecule has 2 fully saturated rings. The van der Waals surface area contributed by atoms with Crippen LogP contribution in [0.15, 0.2) is 0 Å². The van der Waals surface area contributed by atoms with Crippen LogP contribution in [0, 0.1) is 5.92 Å². The van der Waals surface area contributed by atoms with E-state index in [1.807, 2.05) is 0 Å². The number of carboxylic acid groups (broad SMARTS) is 1. The van der Waals surface area contributed by atoms with Gasteiger partial charge in [-0.2, -0.15) is 0 Å². The molecule has 4 heteroatoms. The highest BCUT2D eigenvalue weighted by molar-refractivity contribution is 5.67. The molecule has 0 aromatic heterocycles. The van der Waals surface area contributed by atoms with Crippen LogP contribution in [0.1, 0.15) is 58.3 Å². The van der Waals surface area contributed by atoms with Crippen LogP contribution in [0.4, 0.5) is 0 Å². The first-order valence-corrected chi connectivity index (χ1v) is 8.26. The average molecular weight is 283 g/mol. The van der Waals surface area contributed by atoms with Gasteiger partial charge in [-0.3, -0.25) is 9.69 Å². The largest absolute Gasteiger partial charge is 0.481 e. The van der Waals surface area contributed by atoms with E-state index in [1.54, 1.807) is 0 Å². The number of hydrogen-bond donors (Lipinski definition) is 1. The Hall–Kier alpha value is -0.610. The van der Waals surface area contributed by atoms with E-state index in [9.17, 15) is 4.79 Å². The van der Waals surface area contributed by atoms with Gasteiger partial charge in [0.25, 0.3) is 0 Å². The molecule has 0 spiro atoms. The van der Waals surface area contributed by atoms with E-state index in [0.29, 0.717) is 12.6 Å². The zero-order valence-electron chi connectivity index (χ0n) is 12.7. The van der Waals surface area contributed by atoms with Crippen molar-refractivity contribution in [1.82, 2.24) is 4.90 Å². The Balaban J connectivity index is 1.82. The van der Waals surface area contributed by atoms with Gasteiger partial charge in [0.15, 0.2) is 0 Å². The molecule has 1 aliphatic carbocycles. The van der Waals surface area contributed by atoms with E-state index in [4.69, 9.17) is 9.84 Å². The summed E-state index contributed by atoms with van der Waals surface area (Å²) in [6.45, 7) is 4.74. The van der Waals surface area contributed by atoms with Crippen LogP contribution in [0.25, 0.3) is 0 Å². The van der Waals surface area contributed by atoms with Crippen LogP contribution in [0.2, 0.25) is 0 Å². The fourth-order valence-electron chi connectivity index (χ4n) is 3.81. The molecule has 0 aromatic rings. The van der Waals surface area contributed by atoms with Crippen molar-refractivity contribution < 1.29 is 14.6 Å². The number of nitrogens with zero attached hydrogens (tertiary/aromatic N) is 1. The Morgan fingerprint density at radius 2 is 2.15 bits per heavy atom. The first-order chi connectivity index (χ1) is 9.69. The molecule has 3 atom stereocenters.